The lowest BCUT2D eigenvalue weighted by atomic mass is 9.98. The van der Waals surface area contributed by atoms with Crippen LogP contribution < -0.4 is 5.32 Å². The third kappa shape index (κ3) is 6.74. The molecule has 0 bridgehead atoms. The van der Waals surface area contributed by atoms with Crippen molar-refractivity contribution in [2.24, 2.45) is 5.92 Å². The molecule has 0 aliphatic carbocycles. The SMILES string of the molecule is CCCc1noc(CCCC(=O)NCC2CCN(S(C)(=O)=O)CC2)n1. The number of aromatic nitrogens is 2. The number of hydrogen-bond donors (Lipinski definition) is 1. The van der Waals surface area contributed by atoms with Crippen molar-refractivity contribution in [3.8, 4) is 0 Å². The fraction of sp³-hybridized carbons (Fsp3) is 0.812. The first kappa shape index (κ1) is 19.8. The molecule has 1 fully saturated rings. The molecule has 1 N–H and O–H groups in total. The van der Waals surface area contributed by atoms with Crippen molar-refractivity contribution in [2.75, 3.05) is 25.9 Å². The van der Waals surface area contributed by atoms with Crippen molar-refractivity contribution in [2.45, 2.75) is 51.9 Å². The van der Waals surface area contributed by atoms with Gasteiger partial charge < -0.3 is 9.84 Å². The lowest BCUT2D eigenvalue weighted by Crippen LogP contribution is -2.41. The van der Waals surface area contributed by atoms with Crippen molar-refractivity contribution in [1.29, 1.82) is 0 Å². The van der Waals surface area contributed by atoms with Crippen LogP contribution in [-0.4, -0.2) is 54.7 Å². The van der Waals surface area contributed by atoms with Gasteiger partial charge in [0.2, 0.25) is 21.8 Å². The van der Waals surface area contributed by atoms with Crippen LogP contribution in [0.25, 0.3) is 0 Å². The molecule has 0 spiro atoms. The monoisotopic (exact) mass is 372 g/mol. The molecular formula is C16H28N4O4S. The summed E-state index contributed by atoms with van der Waals surface area (Å²) in [6, 6.07) is 0. The zero-order chi connectivity index (χ0) is 18.3. The van der Waals surface area contributed by atoms with E-state index < -0.39 is 10.0 Å². The number of amides is 1. The molecule has 1 amide bonds. The fourth-order valence-electron chi connectivity index (χ4n) is 2.91. The van der Waals surface area contributed by atoms with Crippen LogP contribution in [0, 0.1) is 5.92 Å². The molecule has 1 saturated heterocycles. The van der Waals surface area contributed by atoms with Crippen molar-refractivity contribution in [3.63, 3.8) is 0 Å². The Balaban J connectivity index is 1.59. The summed E-state index contributed by atoms with van der Waals surface area (Å²) < 4.78 is 29.6. The maximum absolute atomic E-state index is 11.9. The maximum atomic E-state index is 11.9. The van der Waals surface area contributed by atoms with Crippen LogP contribution in [-0.2, 0) is 27.7 Å². The standard InChI is InChI=1S/C16H28N4O4S/c1-3-5-14-18-16(24-19-14)7-4-6-15(21)17-12-13-8-10-20(11-9-13)25(2,22)23/h13H,3-12H2,1-2H3,(H,17,21). The average Bonchev–Trinajstić information content (AvgIpc) is 3.00. The van der Waals surface area contributed by atoms with Gasteiger partial charge in [0.05, 0.1) is 6.26 Å². The van der Waals surface area contributed by atoms with E-state index in [1.165, 1.54) is 10.6 Å². The van der Waals surface area contributed by atoms with E-state index in [9.17, 15) is 13.2 Å². The molecule has 1 aromatic rings. The first-order valence-corrected chi connectivity index (χ1v) is 10.8. The maximum Gasteiger partial charge on any atom is 0.226 e. The van der Waals surface area contributed by atoms with Gasteiger partial charge in [-0.05, 0) is 31.6 Å². The van der Waals surface area contributed by atoms with Crippen LogP contribution in [0.4, 0.5) is 0 Å². The van der Waals surface area contributed by atoms with E-state index in [1.807, 2.05) is 0 Å². The van der Waals surface area contributed by atoms with Gasteiger partial charge >= 0.3 is 0 Å². The van der Waals surface area contributed by atoms with Crippen LogP contribution in [0.2, 0.25) is 0 Å². The molecule has 0 atom stereocenters. The number of sulfonamides is 1. The normalized spacial score (nSPS) is 16.9. The molecule has 25 heavy (non-hydrogen) atoms. The molecule has 2 rings (SSSR count). The zero-order valence-electron chi connectivity index (χ0n) is 15.0. The minimum Gasteiger partial charge on any atom is -0.356 e. The van der Waals surface area contributed by atoms with Crippen molar-refractivity contribution in [1.82, 2.24) is 19.8 Å². The molecule has 1 aromatic heterocycles. The molecule has 2 heterocycles. The van der Waals surface area contributed by atoms with Gasteiger partial charge in [-0.25, -0.2) is 12.7 Å². The summed E-state index contributed by atoms with van der Waals surface area (Å²) in [6.07, 6.45) is 6.30. The van der Waals surface area contributed by atoms with Gasteiger partial charge in [0.15, 0.2) is 5.82 Å². The highest BCUT2D eigenvalue weighted by molar-refractivity contribution is 7.88. The molecule has 1 aliphatic rings. The van der Waals surface area contributed by atoms with Gasteiger partial charge in [0.1, 0.15) is 0 Å². The first-order chi connectivity index (χ1) is 11.9. The van der Waals surface area contributed by atoms with Crippen LogP contribution in [0.1, 0.15) is 50.7 Å². The lowest BCUT2D eigenvalue weighted by molar-refractivity contribution is -0.121. The van der Waals surface area contributed by atoms with Gasteiger partial charge in [0, 0.05) is 38.9 Å². The van der Waals surface area contributed by atoms with Crippen molar-refractivity contribution in [3.05, 3.63) is 11.7 Å². The predicted molar refractivity (Wildman–Crippen MR) is 93.4 cm³/mol. The third-order valence-electron chi connectivity index (χ3n) is 4.41. The summed E-state index contributed by atoms with van der Waals surface area (Å²) >= 11 is 0. The van der Waals surface area contributed by atoms with Crippen LogP contribution in [0.3, 0.4) is 0 Å². The van der Waals surface area contributed by atoms with Gasteiger partial charge in [-0.15, -0.1) is 0 Å². The molecule has 1 aliphatic heterocycles. The van der Waals surface area contributed by atoms with E-state index in [1.54, 1.807) is 0 Å². The molecule has 0 radical (unpaired) electrons. The van der Waals surface area contributed by atoms with E-state index in [-0.39, 0.29) is 5.91 Å². The average molecular weight is 372 g/mol. The molecule has 0 saturated carbocycles. The highest BCUT2D eigenvalue weighted by atomic mass is 32.2. The largest absolute Gasteiger partial charge is 0.356 e. The minimum absolute atomic E-state index is 0.0128. The smallest absolute Gasteiger partial charge is 0.226 e. The molecule has 0 aromatic carbocycles. The second-order valence-electron chi connectivity index (χ2n) is 6.62. The molecule has 142 valence electrons. The Labute approximate surface area is 149 Å². The summed E-state index contributed by atoms with van der Waals surface area (Å²) in [5, 5.41) is 6.84. The number of carbonyl (C=O) groups excluding carboxylic acids is 1. The number of aryl methyl sites for hydroxylation is 2. The Morgan fingerprint density at radius 3 is 2.68 bits per heavy atom. The predicted octanol–water partition coefficient (Wildman–Crippen LogP) is 1.13. The van der Waals surface area contributed by atoms with Crippen LogP contribution in [0.5, 0.6) is 0 Å². The number of nitrogens with zero attached hydrogens (tertiary/aromatic N) is 3. The first-order valence-electron chi connectivity index (χ1n) is 8.91. The van der Waals surface area contributed by atoms with E-state index in [2.05, 4.69) is 22.4 Å². The van der Waals surface area contributed by atoms with E-state index >= 15 is 0 Å². The molecule has 8 nitrogen and oxygen atoms in total. The number of carbonyl (C=O) groups is 1. The minimum atomic E-state index is -3.09. The number of rotatable bonds is 9. The fourth-order valence-corrected chi connectivity index (χ4v) is 3.78. The molecular weight excluding hydrogens is 344 g/mol. The van der Waals surface area contributed by atoms with Gasteiger partial charge in [-0.1, -0.05) is 12.1 Å². The summed E-state index contributed by atoms with van der Waals surface area (Å²) in [5.74, 6) is 1.67. The van der Waals surface area contributed by atoms with Crippen LogP contribution in [0.15, 0.2) is 4.52 Å². The van der Waals surface area contributed by atoms with E-state index in [0.29, 0.717) is 50.7 Å². The number of nitrogens with one attached hydrogen (secondary N) is 1. The number of piperidine rings is 1. The van der Waals surface area contributed by atoms with Gasteiger partial charge in [0.25, 0.3) is 0 Å². The third-order valence-corrected chi connectivity index (χ3v) is 5.71. The van der Waals surface area contributed by atoms with E-state index in [4.69, 9.17) is 4.52 Å². The Hall–Kier alpha value is -1.48. The second-order valence-corrected chi connectivity index (χ2v) is 8.60. The van der Waals surface area contributed by atoms with Crippen LogP contribution >= 0.6 is 0 Å². The Bertz CT molecular complexity index is 651. The highest BCUT2D eigenvalue weighted by Gasteiger charge is 2.24. The second kappa shape index (κ2) is 9.28. The quantitative estimate of drug-likeness (QED) is 0.697. The Morgan fingerprint density at radius 2 is 2.04 bits per heavy atom. The molecule has 9 heteroatoms. The summed E-state index contributed by atoms with van der Waals surface area (Å²) in [6.45, 7) is 3.75. The van der Waals surface area contributed by atoms with Crippen molar-refractivity contribution < 1.29 is 17.7 Å². The highest BCUT2D eigenvalue weighted by Crippen LogP contribution is 2.18. The van der Waals surface area contributed by atoms with E-state index in [0.717, 1.165) is 31.5 Å². The van der Waals surface area contributed by atoms with Gasteiger partial charge in [-0.3, -0.25) is 4.79 Å². The summed E-state index contributed by atoms with van der Waals surface area (Å²) in [5.41, 5.74) is 0. The topological polar surface area (TPSA) is 105 Å². The van der Waals surface area contributed by atoms with Gasteiger partial charge in [-0.2, -0.15) is 4.98 Å². The Morgan fingerprint density at radius 1 is 1.32 bits per heavy atom. The Kier molecular flexibility index (Phi) is 7.37. The summed E-state index contributed by atoms with van der Waals surface area (Å²) in [4.78, 5) is 16.2. The lowest BCUT2D eigenvalue weighted by Gasteiger charge is -2.30. The van der Waals surface area contributed by atoms with Crippen molar-refractivity contribution >= 4 is 15.9 Å². The zero-order valence-corrected chi connectivity index (χ0v) is 15.8. The molecule has 0 unspecified atom stereocenters. The number of hydrogen-bond acceptors (Lipinski definition) is 6. The summed E-state index contributed by atoms with van der Waals surface area (Å²) in [7, 11) is -3.09.